The second-order valence-electron chi connectivity index (χ2n) is 7.06. The van der Waals surface area contributed by atoms with Gasteiger partial charge in [0.2, 0.25) is 5.91 Å². The van der Waals surface area contributed by atoms with Crippen molar-refractivity contribution in [2.24, 2.45) is 0 Å². The van der Waals surface area contributed by atoms with Crippen molar-refractivity contribution in [2.75, 3.05) is 18.5 Å². The van der Waals surface area contributed by atoms with Gasteiger partial charge in [0.1, 0.15) is 10.1 Å². The van der Waals surface area contributed by atoms with E-state index in [1.165, 1.54) is 11.8 Å². The lowest BCUT2D eigenvalue weighted by Crippen LogP contribution is -2.29. The van der Waals surface area contributed by atoms with Crippen LogP contribution < -0.4 is 10.1 Å². The Kier molecular flexibility index (Phi) is 8.67. The molecule has 31 heavy (non-hydrogen) atoms. The predicted molar refractivity (Wildman–Crippen MR) is 131 cm³/mol. The van der Waals surface area contributed by atoms with E-state index in [-0.39, 0.29) is 11.8 Å². The quantitative estimate of drug-likeness (QED) is 0.292. The van der Waals surface area contributed by atoms with E-state index in [0.29, 0.717) is 28.8 Å². The van der Waals surface area contributed by atoms with Crippen LogP contribution in [0.15, 0.2) is 59.5 Å². The van der Waals surface area contributed by atoms with Gasteiger partial charge in [0.05, 0.1) is 11.5 Å². The van der Waals surface area contributed by atoms with Gasteiger partial charge >= 0.3 is 0 Å². The van der Waals surface area contributed by atoms with Crippen molar-refractivity contribution in [1.82, 2.24) is 4.90 Å². The Balaban J connectivity index is 1.37. The van der Waals surface area contributed by atoms with Gasteiger partial charge in [-0.05, 0) is 55.7 Å². The van der Waals surface area contributed by atoms with Crippen molar-refractivity contribution >= 4 is 51.9 Å². The number of rotatable bonds is 10. The van der Waals surface area contributed by atoms with Gasteiger partial charge in [-0.1, -0.05) is 60.7 Å². The molecule has 0 atom stereocenters. The molecule has 0 unspecified atom stereocenters. The average molecular weight is 455 g/mol. The van der Waals surface area contributed by atoms with Crippen LogP contribution in [0.1, 0.15) is 38.2 Å². The van der Waals surface area contributed by atoms with Gasteiger partial charge in [-0.25, -0.2) is 0 Å². The number of thioether (sulfide) groups is 1. The summed E-state index contributed by atoms with van der Waals surface area (Å²) < 4.78 is 5.99. The molecule has 2 amide bonds. The van der Waals surface area contributed by atoms with Crippen LogP contribution in [0.4, 0.5) is 5.69 Å². The standard InChI is InChI=1S/C24H26N2O3S2/c1-2-29-20-14-12-19(13-15-20)25-22(27)11-7-4-8-16-26-23(28)21(31-24(26)30)17-18-9-5-3-6-10-18/h3,5-6,9-10,12-15,17H,2,4,7-8,11,16H2,1H3,(H,25,27). The van der Waals surface area contributed by atoms with E-state index in [2.05, 4.69) is 5.32 Å². The van der Waals surface area contributed by atoms with Gasteiger partial charge in [0, 0.05) is 18.7 Å². The predicted octanol–water partition coefficient (Wildman–Crippen LogP) is 5.49. The number of nitrogens with one attached hydrogen (secondary N) is 1. The molecule has 162 valence electrons. The second kappa shape index (κ2) is 11.7. The minimum atomic E-state index is -0.0351. The zero-order valence-corrected chi connectivity index (χ0v) is 19.1. The minimum absolute atomic E-state index is 0.0134. The van der Waals surface area contributed by atoms with Crippen LogP contribution in [0.3, 0.4) is 0 Å². The first-order valence-electron chi connectivity index (χ1n) is 10.4. The molecule has 0 aromatic heterocycles. The number of thiocarbonyl (C=S) groups is 1. The summed E-state index contributed by atoms with van der Waals surface area (Å²) in [6.07, 6.45) is 4.74. The molecule has 1 aliphatic rings. The number of carbonyl (C=O) groups is 2. The van der Waals surface area contributed by atoms with Crippen LogP contribution in [0, 0.1) is 0 Å². The fourth-order valence-electron chi connectivity index (χ4n) is 3.15. The van der Waals surface area contributed by atoms with Gasteiger partial charge in [-0.2, -0.15) is 0 Å². The van der Waals surface area contributed by atoms with Crippen molar-refractivity contribution in [3.63, 3.8) is 0 Å². The largest absolute Gasteiger partial charge is 0.494 e. The lowest BCUT2D eigenvalue weighted by molar-refractivity contribution is -0.122. The molecule has 5 nitrogen and oxygen atoms in total. The molecule has 1 saturated heterocycles. The molecule has 1 heterocycles. The van der Waals surface area contributed by atoms with Crippen molar-refractivity contribution in [2.45, 2.75) is 32.6 Å². The number of ether oxygens (including phenoxy) is 1. The number of benzene rings is 2. The molecule has 7 heteroatoms. The first-order chi connectivity index (χ1) is 15.1. The highest BCUT2D eigenvalue weighted by Crippen LogP contribution is 2.32. The van der Waals surface area contributed by atoms with Crippen LogP contribution in [-0.4, -0.2) is 34.2 Å². The summed E-state index contributed by atoms with van der Waals surface area (Å²) in [5.74, 6) is 0.738. The van der Waals surface area contributed by atoms with Crippen LogP contribution in [0.5, 0.6) is 5.75 Å². The Morgan fingerprint density at radius 3 is 2.55 bits per heavy atom. The Morgan fingerprint density at radius 2 is 1.84 bits per heavy atom. The zero-order valence-electron chi connectivity index (χ0n) is 17.5. The van der Waals surface area contributed by atoms with E-state index in [1.807, 2.05) is 67.6 Å². The fourth-order valence-corrected chi connectivity index (χ4v) is 4.46. The molecular weight excluding hydrogens is 428 g/mol. The van der Waals surface area contributed by atoms with Crippen LogP contribution in [-0.2, 0) is 9.59 Å². The van der Waals surface area contributed by atoms with Crippen molar-refractivity contribution in [1.29, 1.82) is 0 Å². The number of carbonyl (C=O) groups excluding carboxylic acids is 2. The third kappa shape index (κ3) is 6.94. The SMILES string of the molecule is CCOc1ccc(NC(=O)CCCCCN2C(=O)C(=Cc3ccccc3)SC2=S)cc1. The molecular formula is C24H26N2O3S2. The molecule has 3 rings (SSSR count). The minimum Gasteiger partial charge on any atom is -0.494 e. The summed E-state index contributed by atoms with van der Waals surface area (Å²) in [6, 6.07) is 17.1. The highest BCUT2D eigenvalue weighted by atomic mass is 32.2. The van der Waals surface area contributed by atoms with E-state index in [1.54, 1.807) is 4.90 Å². The lowest BCUT2D eigenvalue weighted by Gasteiger charge is -2.14. The number of unbranched alkanes of at least 4 members (excludes halogenated alkanes) is 2. The summed E-state index contributed by atoms with van der Waals surface area (Å²) in [5.41, 5.74) is 1.75. The third-order valence-electron chi connectivity index (χ3n) is 4.71. The first kappa shape index (κ1) is 23.0. The Hall–Kier alpha value is -2.64. The molecule has 0 spiro atoms. The van der Waals surface area contributed by atoms with Gasteiger partial charge in [0.25, 0.3) is 5.91 Å². The molecule has 1 aliphatic heterocycles. The molecule has 0 bridgehead atoms. The van der Waals surface area contributed by atoms with Crippen molar-refractivity contribution < 1.29 is 14.3 Å². The summed E-state index contributed by atoms with van der Waals surface area (Å²) in [7, 11) is 0. The van der Waals surface area contributed by atoms with E-state index in [4.69, 9.17) is 17.0 Å². The topological polar surface area (TPSA) is 58.6 Å². The molecule has 1 N–H and O–H groups in total. The highest BCUT2D eigenvalue weighted by Gasteiger charge is 2.31. The van der Waals surface area contributed by atoms with Crippen molar-refractivity contribution in [3.8, 4) is 5.75 Å². The second-order valence-corrected chi connectivity index (χ2v) is 8.74. The number of hydrogen-bond acceptors (Lipinski definition) is 5. The maximum Gasteiger partial charge on any atom is 0.266 e. The van der Waals surface area contributed by atoms with Crippen LogP contribution in [0.25, 0.3) is 6.08 Å². The van der Waals surface area contributed by atoms with E-state index in [9.17, 15) is 9.59 Å². The Labute approximate surface area is 192 Å². The highest BCUT2D eigenvalue weighted by molar-refractivity contribution is 8.26. The average Bonchev–Trinajstić information content (AvgIpc) is 3.03. The van der Waals surface area contributed by atoms with Gasteiger partial charge in [-0.15, -0.1) is 0 Å². The summed E-state index contributed by atoms with van der Waals surface area (Å²) >= 11 is 6.73. The number of nitrogens with zero attached hydrogens (tertiary/aromatic N) is 1. The lowest BCUT2D eigenvalue weighted by atomic mass is 10.1. The Bertz CT molecular complexity index is 943. The first-order valence-corrected chi connectivity index (χ1v) is 11.6. The van der Waals surface area contributed by atoms with Gasteiger partial charge < -0.3 is 10.1 Å². The number of anilines is 1. The normalized spacial score (nSPS) is 14.9. The zero-order chi connectivity index (χ0) is 22.1. The van der Waals surface area contributed by atoms with Crippen LogP contribution in [0.2, 0.25) is 0 Å². The monoisotopic (exact) mass is 454 g/mol. The number of hydrogen-bond donors (Lipinski definition) is 1. The molecule has 0 saturated carbocycles. The summed E-state index contributed by atoms with van der Waals surface area (Å²) in [6.45, 7) is 3.13. The van der Waals surface area contributed by atoms with Crippen LogP contribution >= 0.6 is 24.0 Å². The maximum atomic E-state index is 12.6. The van der Waals surface area contributed by atoms with Gasteiger partial charge in [0.15, 0.2) is 0 Å². The molecule has 0 aliphatic carbocycles. The molecule has 1 fully saturated rings. The Morgan fingerprint density at radius 1 is 1.10 bits per heavy atom. The molecule has 2 aromatic rings. The smallest absolute Gasteiger partial charge is 0.266 e. The van der Waals surface area contributed by atoms with E-state index in [0.717, 1.165) is 36.3 Å². The molecule has 0 radical (unpaired) electrons. The van der Waals surface area contributed by atoms with Gasteiger partial charge in [-0.3, -0.25) is 14.5 Å². The molecule has 2 aromatic carbocycles. The number of amides is 2. The van der Waals surface area contributed by atoms with E-state index < -0.39 is 0 Å². The summed E-state index contributed by atoms with van der Waals surface area (Å²) in [5, 5.41) is 2.90. The van der Waals surface area contributed by atoms with E-state index >= 15 is 0 Å². The third-order valence-corrected chi connectivity index (χ3v) is 6.08. The maximum absolute atomic E-state index is 12.6. The fraction of sp³-hybridized carbons (Fsp3) is 0.292. The van der Waals surface area contributed by atoms with Crippen molar-refractivity contribution in [3.05, 3.63) is 65.1 Å². The summed E-state index contributed by atoms with van der Waals surface area (Å²) in [4.78, 5) is 27.1.